The SMILES string of the molecule is COC(=O)c1cc(C=O)c(Br)cc1O. The van der Waals surface area contributed by atoms with Crippen LogP contribution in [-0.4, -0.2) is 24.5 Å². The van der Waals surface area contributed by atoms with Gasteiger partial charge in [-0.15, -0.1) is 0 Å². The summed E-state index contributed by atoms with van der Waals surface area (Å²) in [6, 6.07) is 2.54. The van der Waals surface area contributed by atoms with E-state index < -0.39 is 5.97 Å². The molecule has 0 unspecified atom stereocenters. The molecule has 0 aliphatic carbocycles. The second kappa shape index (κ2) is 4.23. The Morgan fingerprint density at radius 2 is 2.21 bits per heavy atom. The Morgan fingerprint density at radius 1 is 1.57 bits per heavy atom. The minimum atomic E-state index is -0.682. The van der Waals surface area contributed by atoms with Crippen LogP contribution in [0, 0.1) is 0 Å². The smallest absolute Gasteiger partial charge is 0.341 e. The van der Waals surface area contributed by atoms with E-state index in [9.17, 15) is 14.7 Å². The van der Waals surface area contributed by atoms with Crippen LogP contribution in [0.4, 0.5) is 0 Å². The first kappa shape index (κ1) is 10.7. The zero-order valence-corrected chi connectivity index (χ0v) is 8.87. The molecule has 0 saturated carbocycles. The molecule has 1 N–H and O–H groups in total. The summed E-state index contributed by atoms with van der Waals surface area (Å²) in [5.41, 5.74) is 0.251. The molecule has 1 aromatic carbocycles. The summed E-state index contributed by atoms with van der Waals surface area (Å²) in [7, 11) is 1.20. The van der Waals surface area contributed by atoms with Gasteiger partial charge in [-0.25, -0.2) is 4.79 Å². The Labute approximate surface area is 88.6 Å². The van der Waals surface area contributed by atoms with Crippen molar-refractivity contribution in [2.24, 2.45) is 0 Å². The van der Waals surface area contributed by atoms with Crippen molar-refractivity contribution in [2.75, 3.05) is 7.11 Å². The number of phenolic OH excluding ortho intramolecular Hbond substituents is 1. The molecule has 74 valence electrons. The summed E-state index contributed by atoms with van der Waals surface area (Å²) in [6.07, 6.45) is 0.579. The van der Waals surface area contributed by atoms with Gasteiger partial charge >= 0.3 is 5.97 Å². The van der Waals surface area contributed by atoms with E-state index in [1.54, 1.807) is 0 Å². The molecular weight excluding hydrogens is 252 g/mol. The molecule has 0 aromatic heterocycles. The highest BCUT2D eigenvalue weighted by atomic mass is 79.9. The number of phenols is 1. The molecule has 1 aromatic rings. The van der Waals surface area contributed by atoms with E-state index in [4.69, 9.17) is 0 Å². The summed E-state index contributed by atoms with van der Waals surface area (Å²) in [5.74, 6) is -0.910. The second-order valence-electron chi connectivity index (χ2n) is 2.50. The van der Waals surface area contributed by atoms with E-state index in [1.807, 2.05) is 0 Å². The third-order valence-electron chi connectivity index (χ3n) is 1.65. The zero-order valence-electron chi connectivity index (χ0n) is 7.28. The van der Waals surface area contributed by atoms with E-state index in [-0.39, 0.29) is 16.9 Å². The molecule has 0 aliphatic heterocycles. The van der Waals surface area contributed by atoms with Gasteiger partial charge in [-0.2, -0.15) is 0 Å². The molecule has 0 fully saturated rings. The highest BCUT2D eigenvalue weighted by Gasteiger charge is 2.14. The van der Waals surface area contributed by atoms with Gasteiger partial charge in [-0.3, -0.25) is 4.79 Å². The molecule has 5 heteroatoms. The van der Waals surface area contributed by atoms with Crippen LogP contribution in [0.3, 0.4) is 0 Å². The summed E-state index contributed by atoms with van der Waals surface area (Å²) >= 11 is 3.07. The van der Waals surface area contributed by atoms with Gasteiger partial charge in [0.2, 0.25) is 0 Å². The number of hydrogen-bond acceptors (Lipinski definition) is 4. The number of carbonyl (C=O) groups is 2. The first-order valence-corrected chi connectivity index (χ1v) is 4.45. The van der Waals surface area contributed by atoms with Crippen LogP contribution in [0.15, 0.2) is 16.6 Å². The van der Waals surface area contributed by atoms with Crippen LogP contribution < -0.4 is 0 Å². The van der Waals surface area contributed by atoms with Crippen molar-refractivity contribution in [3.05, 3.63) is 27.7 Å². The molecule has 0 heterocycles. The lowest BCUT2D eigenvalue weighted by molar-refractivity contribution is 0.0597. The second-order valence-corrected chi connectivity index (χ2v) is 3.35. The molecule has 4 nitrogen and oxygen atoms in total. The molecule has 0 aliphatic rings. The lowest BCUT2D eigenvalue weighted by Crippen LogP contribution is -2.02. The number of methoxy groups -OCH3 is 1. The maximum Gasteiger partial charge on any atom is 0.341 e. The Bertz CT molecular complexity index is 387. The topological polar surface area (TPSA) is 63.6 Å². The highest BCUT2D eigenvalue weighted by Crippen LogP contribution is 2.26. The predicted octanol–water partition coefficient (Wildman–Crippen LogP) is 1.75. The van der Waals surface area contributed by atoms with E-state index >= 15 is 0 Å². The quantitative estimate of drug-likeness (QED) is 0.649. The largest absolute Gasteiger partial charge is 0.507 e. The zero-order chi connectivity index (χ0) is 10.7. The van der Waals surface area contributed by atoms with Gasteiger partial charge in [0.05, 0.1) is 7.11 Å². The normalized spacial score (nSPS) is 9.57. The fourth-order valence-corrected chi connectivity index (χ4v) is 1.37. The van der Waals surface area contributed by atoms with Gasteiger partial charge in [-0.05, 0) is 28.1 Å². The van der Waals surface area contributed by atoms with Crippen molar-refractivity contribution in [3.63, 3.8) is 0 Å². The first-order chi connectivity index (χ1) is 6.60. The molecule has 0 amide bonds. The number of benzene rings is 1. The fraction of sp³-hybridized carbons (Fsp3) is 0.111. The number of aldehydes is 1. The lowest BCUT2D eigenvalue weighted by atomic mass is 10.1. The summed E-state index contributed by atoms with van der Waals surface area (Å²) in [4.78, 5) is 21.6. The number of halogens is 1. The van der Waals surface area contributed by atoms with Gasteiger partial charge in [0.1, 0.15) is 11.3 Å². The summed E-state index contributed by atoms with van der Waals surface area (Å²) < 4.78 is 4.85. The van der Waals surface area contributed by atoms with Crippen LogP contribution in [0.5, 0.6) is 5.75 Å². The van der Waals surface area contributed by atoms with Crippen LogP contribution in [0.2, 0.25) is 0 Å². The Kier molecular flexibility index (Phi) is 3.24. The number of hydrogen-bond donors (Lipinski definition) is 1. The molecule has 1 rings (SSSR count). The molecule has 14 heavy (non-hydrogen) atoms. The number of ether oxygens (including phenoxy) is 1. The van der Waals surface area contributed by atoms with E-state index in [0.717, 1.165) is 0 Å². The average molecular weight is 259 g/mol. The van der Waals surface area contributed by atoms with Crippen LogP contribution in [-0.2, 0) is 4.74 Å². The maximum absolute atomic E-state index is 11.1. The average Bonchev–Trinajstić information content (AvgIpc) is 2.17. The van der Waals surface area contributed by atoms with Crippen molar-refractivity contribution in [3.8, 4) is 5.75 Å². The monoisotopic (exact) mass is 258 g/mol. The van der Waals surface area contributed by atoms with Crippen LogP contribution >= 0.6 is 15.9 Å². The number of esters is 1. The standard InChI is InChI=1S/C9H7BrO4/c1-14-9(13)6-2-5(4-11)7(10)3-8(6)12/h2-4,12H,1H3. The summed E-state index contributed by atoms with van der Waals surface area (Å²) in [5, 5.41) is 9.37. The van der Waals surface area contributed by atoms with Gasteiger partial charge in [0.15, 0.2) is 6.29 Å². The predicted molar refractivity (Wildman–Crippen MR) is 52.5 cm³/mol. The van der Waals surface area contributed by atoms with Crippen molar-refractivity contribution in [1.82, 2.24) is 0 Å². The van der Waals surface area contributed by atoms with Crippen molar-refractivity contribution < 1.29 is 19.4 Å². The van der Waals surface area contributed by atoms with Crippen molar-refractivity contribution >= 4 is 28.2 Å². The Morgan fingerprint density at radius 3 is 2.71 bits per heavy atom. The Hall–Kier alpha value is -1.36. The molecule has 0 spiro atoms. The first-order valence-electron chi connectivity index (χ1n) is 3.66. The lowest BCUT2D eigenvalue weighted by Gasteiger charge is -2.04. The van der Waals surface area contributed by atoms with Gasteiger partial charge < -0.3 is 9.84 Å². The van der Waals surface area contributed by atoms with E-state index in [0.29, 0.717) is 10.8 Å². The van der Waals surface area contributed by atoms with Crippen molar-refractivity contribution in [2.45, 2.75) is 0 Å². The van der Waals surface area contributed by atoms with Gasteiger partial charge in [0.25, 0.3) is 0 Å². The molecule has 0 atom stereocenters. The molecule has 0 radical (unpaired) electrons. The molecule has 0 bridgehead atoms. The maximum atomic E-state index is 11.1. The number of aromatic hydroxyl groups is 1. The number of carbonyl (C=O) groups excluding carboxylic acids is 2. The third kappa shape index (κ3) is 1.93. The van der Waals surface area contributed by atoms with E-state index in [2.05, 4.69) is 20.7 Å². The highest BCUT2D eigenvalue weighted by molar-refractivity contribution is 9.10. The van der Waals surface area contributed by atoms with E-state index in [1.165, 1.54) is 19.2 Å². The summed E-state index contributed by atoms with van der Waals surface area (Å²) in [6.45, 7) is 0. The van der Waals surface area contributed by atoms with Crippen LogP contribution in [0.1, 0.15) is 20.7 Å². The van der Waals surface area contributed by atoms with Gasteiger partial charge in [0, 0.05) is 10.0 Å². The number of rotatable bonds is 2. The fourth-order valence-electron chi connectivity index (χ4n) is 0.943. The Balaban J connectivity index is 3.30. The minimum absolute atomic E-state index is 0.0298. The third-order valence-corrected chi connectivity index (χ3v) is 2.33. The molecule has 0 saturated heterocycles. The van der Waals surface area contributed by atoms with Crippen LogP contribution in [0.25, 0.3) is 0 Å². The van der Waals surface area contributed by atoms with Gasteiger partial charge in [-0.1, -0.05) is 0 Å². The molecular formula is C9H7BrO4. The van der Waals surface area contributed by atoms with Crippen molar-refractivity contribution in [1.29, 1.82) is 0 Å². The minimum Gasteiger partial charge on any atom is -0.507 e.